The van der Waals surface area contributed by atoms with Gasteiger partial charge in [-0.15, -0.1) is 0 Å². The third-order valence-electron chi connectivity index (χ3n) is 10.7. The molecule has 2 heterocycles. The van der Waals surface area contributed by atoms with Gasteiger partial charge in [0, 0.05) is 42.8 Å². The highest BCUT2D eigenvalue weighted by Gasteiger charge is 2.32. The Morgan fingerprint density at radius 2 is 1.39 bits per heavy atom. The number of aliphatic hydroxyl groups is 2. The van der Waals surface area contributed by atoms with Crippen LogP contribution in [0.25, 0.3) is 22.0 Å². The molecule has 0 saturated carbocycles. The van der Waals surface area contributed by atoms with Crippen LogP contribution in [0.1, 0.15) is 42.1 Å². The van der Waals surface area contributed by atoms with Crippen LogP contribution in [0.15, 0.2) is 102 Å². The number of hydrogen-bond donors (Lipinski definition) is 4. The lowest BCUT2D eigenvalue weighted by molar-refractivity contribution is -0.165. The van der Waals surface area contributed by atoms with Gasteiger partial charge in [-0.3, -0.25) is 19.3 Å². The maximum atomic E-state index is 14.6. The smallest absolute Gasteiger partial charge is 0.416 e. The third kappa shape index (κ3) is 12.6. The second-order valence-electron chi connectivity index (χ2n) is 15.0. The maximum absolute atomic E-state index is 14.6. The normalized spacial score (nSPS) is 14.2. The van der Waals surface area contributed by atoms with Crippen LogP contribution in [0, 0.1) is 11.6 Å². The van der Waals surface area contributed by atoms with E-state index in [0.717, 1.165) is 29.3 Å². The molecule has 1 fully saturated rings. The number of amides is 1. The van der Waals surface area contributed by atoms with E-state index >= 15 is 0 Å². The van der Waals surface area contributed by atoms with Gasteiger partial charge in [-0.25, -0.2) is 18.4 Å². The van der Waals surface area contributed by atoms with E-state index in [1.54, 1.807) is 52.8 Å². The number of carbonyl (C=O) groups excluding carboxylic acids is 2. The molecule has 4 aromatic carbocycles. The van der Waals surface area contributed by atoms with E-state index in [2.05, 4.69) is 0 Å². The first kappa shape index (κ1) is 48.5. The monoisotopic (exact) mass is 895 g/mol. The van der Waals surface area contributed by atoms with Crippen molar-refractivity contribution >= 4 is 34.7 Å². The second kappa shape index (κ2) is 21.7. The molecule has 1 amide bonds. The van der Waals surface area contributed by atoms with Gasteiger partial charge in [0.2, 0.25) is 5.91 Å². The van der Waals surface area contributed by atoms with Crippen molar-refractivity contribution in [1.29, 1.82) is 0 Å². The van der Waals surface area contributed by atoms with Crippen molar-refractivity contribution in [2.24, 2.45) is 0 Å². The number of carbonyl (C=O) groups is 4. The van der Waals surface area contributed by atoms with Crippen molar-refractivity contribution in [2.75, 3.05) is 26.2 Å². The van der Waals surface area contributed by atoms with Crippen molar-refractivity contribution in [2.45, 2.75) is 70.1 Å². The second-order valence-corrected chi connectivity index (χ2v) is 15.0. The number of aliphatic carboxylic acids is 2. The van der Waals surface area contributed by atoms with Gasteiger partial charge in [0.05, 0.1) is 24.2 Å². The largest absolute Gasteiger partial charge is 0.479 e. The first-order valence-corrected chi connectivity index (χ1v) is 20.2. The molecule has 5 aromatic rings. The Kier molecular flexibility index (Phi) is 16.5. The van der Waals surface area contributed by atoms with Gasteiger partial charge in [0.1, 0.15) is 6.54 Å². The molecule has 13 nitrogen and oxygen atoms in total. The number of carboxylic acid groups (broad SMARTS) is 2. The third-order valence-corrected chi connectivity index (χ3v) is 10.7. The Morgan fingerprint density at radius 3 is 1.97 bits per heavy atom. The average molecular weight is 896 g/mol. The number of para-hydroxylation sites is 1. The number of ether oxygens (including phenoxy) is 1. The van der Waals surface area contributed by atoms with Crippen molar-refractivity contribution < 1.29 is 66.3 Å². The minimum absolute atomic E-state index is 0.101. The highest BCUT2D eigenvalue weighted by atomic mass is 19.4. The summed E-state index contributed by atoms with van der Waals surface area (Å²) in [6, 6.07) is 24.4. The number of piperidine rings is 1. The molecule has 0 bridgehead atoms. The minimum atomic E-state index is -4.44. The van der Waals surface area contributed by atoms with Crippen LogP contribution < -0.4 is 5.43 Å². The summed E-state index contributed by atoms with van der Waals surface area (Å²) in [6.07, 6.45) is -7.52. The van der Waals surface area contributed by atoms with Gasteiger partial charge in [0.25, 0.3) is 0 Å². The maximum Gasteiger partial charge on any atom is 0.416 e. The summed E-state index contributed by atoms with van der Waals surface area (Å²) in [5.41, 5.74) is 2.36. The molecule has 18 heteroatoms. The van der Waals surface area contributed by atoms with Crippen LogP contribution in [0.3, 0.4) is 0 Å². The number of aliphatic hydroxyl groups excluding tert-OH is 2. The van der Waals surface area contributed by atoms with E-state index in [4.69, 9.17) is 25.2 Å². The number of rotatable bonds is 15. The molecule has 4 N–H and O–H groups in total. The molecule has 2 unspecified atom stereocenters. The van der Waals surface area contributed by atoms with Crippen LogP contribution in [-0.4, -0.2) is 103 Å². The van der Waals surface area contributed by atoms with E-state index in [0.29, 0.717) is 48.1 Å². The van der Waals surface area contributed by atoms with Crippen LogP contribution in [0.2, 0.25) is 0 Å². The van der Waals surface area contributed by atoms with E-state index in [1.807, 2.05) is 17.0 Å². The first-order valence-electron chi connectivity index (χ1n) is 20.2. The molecule has 0 aliphatic carbocycles. The number of aromatic nitrogens is 1. The molecule has 2 atom stereocenters. The summed E-state index contributed by atoms with van der Waals surface area (Å²) in [5.74, 6) is -5.99. The molecule has 340 valence electrons. The van der Waals surface area contributed by atoms with Gasteiger partial charge in [-0.1, -0.05) is 60.7 Å². The molecule has 0 spiro atoms. The molecule has 1 aliphatic heterocycles. The number of benzene rings is 4. The van der Waals surface area contributed by atoms with Gasteiger partial charge in [-0.05, 0) is 85.2 Å². The van der Waals surface area contributed by atoms with Crippen LogP contribution in [0.4, 0.5) is 22.0 Å². The zero-order chi connectivity index (χ0) is 46.7. The van der Waals surface area contributed by atoms with E-state index in [-0.39, 0.29) is 68.0 Å². The van der Waals surface area contributed by atoms with Crippen LogP contribution in [0.5, 0.6) is 0 Å². The van der Waals surface area contributed by atoms with Gasteiger partial charge < -0.3 is 34.6 Å². The highest BCUT2D eigenvalue weighted by Crippen LogP contribution is 2.31. The number of alkyl halides is 3. The van der Waals surface area contributed by atoms with E-state index < -0.39 is 47.5 Å². The van der Waals surface area contributed by atoms with Gasteiger partial charge in [-0.2, -0.15) is 13.2 Å². The number of likely N-dealkylation sites (tertiary alicyclic amines) is 1. The molecule has 1 aromatic heterocycles. The summed E-state index contributed by atoms with van der Waals surface area (Å²) < 4.78 is 74.9. The fourth-order valence-electron chi connectivity index (χ4n) is 7.32. The Labute approximate surface area is 363 Å². The minimum Gasteiger partial charge on any atom is -0.479 e. The Bertz CT molecular complexity index is 2470. The summed E-state index contributed by atoms with van der Waals surface area (Å²) in [6.45, 7) is 3.41. The molecule has 0 radical (unpaired) electrons. The molecular weight excluding hydrogens is 850 g/mol. The van der Waals surface area contributed by atoms with E-state index in [9.17, 15) is 45.9 Å². The van der Waals surface area contributed by atoms with Crippen LogP contribution in [-0.2, 0) is 56.0 Å². The lowest BCUT2D eigenvalue weighted by Gasteiger charge is -2.38. The van der Waals surface area contributed by atoms with Crippen molar-refractivity contribution in [3.8, 4) is 11.1 Å². The number of carboxylic acids is 2. The summed E-state index contributed by atoms with van der Waals surface area (Å²) in [7, 11) is 0. The zero-order valence-corrected chi connectivity index (χ0v) is 34.5. The topological polar surface area (TPSA) is 187 Å². The van der Waals surface area contributed by atoms with Gasteiger partial charge >= 0.3 is 24.1 Å². The average Bonchev–Trinajstić information content (AvgIpc) is 3.27. The first-order chi connectivity index (χ1) is 30.4. The number of nitrogens with zero attached hydrogens (tertiary/aromatic N) is 3. The molecule has 64 heavy (non-hydrogen) atoms. The lowest BCUT2D eigenvalue weighted by Crippen LogP contribution is -2.49. The number of esters is 1. The number of hydrogen-bond acceptors (Lipinski definition) is 9. The molecule has 1 saturated heterocycles. The van der Waals surface area contributed by atoms with Gasteiger partial charge in [0.15, 0.2) is 29.3 Å². The molecular formula is C46H46F5N3O10. The predicted octanol–water partition coefficient (Wildman–Crippen LogP) is 5.68. The zero-order valence-electron chi connectivity index (χ0n) is 34.5. The van der Waals surface area contributed by atoms with E-state index in [1.165, 1.54) is 30.3 Å². The fraction of sp³-hybridized carbons (Fsp3) is 0.326. The number of aryl methyl sites for hydroxylation is 2. The molecule has 6 rings (SSSR count). The highest BCUT2D eigenvalue weighted by molar-refractivity contribution is 5.84. The SMILES string of the molecule is CCOC(=O)CN1CCC(N(Cc2ccc(-c3ccc(C(F)(F)F)cc3)cc2)C(=O)Cn2c(CCc3cccc(F)c3F)cc(=O)c3ccccc32)CC1.O=C(O)C(O)C(O)C(=O)O. The number of pyridine rings is 1. The summed E-state index contributed by atoms with van der Waals surface area (Å²) >= 11 is 0. The van der Waals surface area contributed by atoms with Crippen molar-refractivity contribution in [3.05, 3.63) is 141 Å². The quantitative estimate of drug-likeness (QED) is 0.0748. The van der Waals surface area contributed by atoms with Crippen molar-refractivity contribution in [3.63, 3.8) is 0 Å². The fourth-order valence-corrected chi connectivity index (χ4v) is 7.32. The predicted molar refractivity (Wildman–Crippen MR) is 223 cm³/mol. The summed E-state index contributed by atoms with van der Waals surface area (Å²) in [5, 5.41) is 32.9. The number of fused-ring (bicyclic) bond motifs is 1. The Morgan fingerprint density at radius 1 is 0.797 bits per heavy atom. The standard InChI is InChI=1S/C42H40F5N3O4.C4H6O6/c1-2-54-40(53)27-48-22-20-33(21-23-48)50(25-28-10-12-29(13-11-28)30-14-17-32(18-15-30)42(45,46)47)39(52)26-49-34(19-16-31-6-5-8-36(43)41(31)44)24-38(51)35-7-3-4-9-37(35)49;5-1(3(7)8)2(6)4(9)10/h3-15,17-18,24,33H,2,16,19-23,25-27H2,1H3;1-2,5-6H,(H,7,8)(H,9,10). The lowest BCUT2D eigenvalue weighted by atomic mass is 10.00. The van der Waals surface area contributed by atoms with Crippen molar-refractivity contribution in [1.82, 2.24) is 14.4 Å². The summed E-state index contributed by atoms with van der Waals surface area (Å²) in [4.78, 5) is 63.3. The Balaban J connectivity index is 0.000000688. The van der Waals surface area contributed by atoms with Crippen LogP contribution >= 0.6 is 0 Å². The molecule has 1 aliphatic rings. The number of halogens is 5. The Hall–Kier alpha value is -6.50.